The van der Waals surface area contributed by atoms with E-state index in [1.807, 2.05) is 45.0 Å². The van der Waals surface area contributed by atoms with Crippen molar-refractivity contribution in [3.05, 3.63) is 41.0 Å². The lowest BCUT2D eigenvalue weighted by molar-refractivity contribution is -0.137. The van der Waals surface area contributed by atoms with Crippen LogP contribution in [0.5, 0.6) is 0 Å². The van der Waals surface area contributed by atoms with Gasteiger partial charge in [-0.05, 0) is 31.9 Å². The third-order valence-corrected chi connectivity index (χ3v) is 3.78. The fourth-order valence-electron chi connectivity index (χ4n) is 1.70. The Labute approximate surface area is 129 Å². The fraction of sp³-hybridized carbons (Fsp3) is 0.389. The van der Waals surface area contributed by atoms with Crippen LogP contribution in [0.15, 0.2) is 29.8 Å². The summed E-state index contributed by atoms with van der Waals surface area (Å²) in [4.78, 5) is 12.2. The van der Waals surface area contributed by atoms with Gasteiger partial charge in [0.15, 0.2) is 0 Å². The Morgan fingerprint density at radius 1 is 1.19 bits per heavy atom. The molecule has 1 rings (SSSR count). The molecule has 0 aliphatic rings. The predicted octanol–water partition coefficient (Wildman–Crippen LogP) is 4.21. The van der Waals surface area contributed by atoms with Crippen LogP contribution in [0.1, 0.15) is 25.0 Å². The maximum Gasteiger partial charge on any atom is 0.346 e. The van der Waals surface area contributed by atoms with Crippen molar-refractivity contribution in [1.82, 2.24) is 0 Å². The first-order chi connectivity index (χ1) is 9.74. The Kier molecular flexibility index (Phi) is 5.99. The molecule has 0 heterocycles. The SMILES string of the molecule is CCOC(=O)/C(C#C[Si](C)(C)C)=C(/C)c1ccc(C)cc1. The standard InChI is InChI=1S/C18H24O2Si/c1-7-20-18(19)17(12-13-21(4,5)6)15(3)16-10-8-14(2)9-11-16/h8-11H,7H2,1-6H3/b17-15-. The lowest BCUT2D eigenvalue weighted by Gasteiger charge is -2.09. The molecule has 0 fully saturated rings. The second kappa shape index (κ2) is 7.28. The number of allylic oxidation sites excluding steroid dienone is 1. The number of rotatable bonds is 3. The fourth-order valence-corrected chi connectivity index (χ4v) is 2.20. The second-order valence-electron chi connectivity index (χ2n) is 6.09. The third-order valence-electron chi connectivity index (χ3n) is 2.90. The molecule has 0 radical (unpaired) electrons. The van der Waals surface area contributed by atoms with Gasteiger partial charge in [0, 0.05) is 0 Å². The summed E-state index contributed by atoms with van der Waals surface area (Å²) >= 11 is 0. The zero-order valence-corrected chi connectivity index (χ0v) is 14.8. The van der Waals surface area contributed by atoms with Crippen molar-refractivity contribution in [1.29, 1.82) is 0 Å². The third kappa shape index (κ3) is 5.61. The Hall–Kier alpha value is -1.79. The average Bonchev–Trinajstić information content (AvgIpc) is 2.38. The van der Waals surface area contributed by atoms with Gasteiger partial charge in [-0.1, -0.05) is 55.4 Å². The molecule has 2 nitrogen and oxygen atoms in total. The molecule has 0 aromatic heterocycles. The topological polar surface area (TPSA) is 26.3 Å². The van der Waals surface area contributed by atoms with Gasteiger partial charge >= 0.3 is 5.97 Å². The number of carbonyl (C=O) groups is 1. The molecule has 0 unspecified atom stereocenters. The van der Waals surface area contributed by atoms with E-state index in [-0.39, 0.29) is 5.97 Å². The van der Waals surface area contributed by atoms with Crippen LogP contribution in [0.4, 0.5) is 0 Å². The highest BCUT2D eigenvalue weighted by atomic mass is 28.3. The molecule has 0 aliphatic heterocycles. The van der Waals surface area contributed by atoms with Gasteiger partial charge in [0.05, 0.1) is 6.61 Å². The van der Waals surface area contributed by atoms with E-state index in [4.69, 9.17) is 4.74 Å². The van der Waals surface area contributed by atoms with Gasteiger partial charge in [-0.15, -0.1) is 5.54 Å². The summed E-state index contributed by atoms with van der Waals surface area (Å²) in [5.41, 5.74) is 6.80. The summed E-state index contributed by atoms with van der Waals surface area (Å²) in [6.45, 7) is 12.6. The zero-order valence-electron chi connectivity index (χ0n) is 13.8. The van der Waals surface area contributed by atoms with Crippen LogP contribution >= 0.6 is 0 Å². The summed E-state index contributed by atoms with van der Waals surface area (Å²) < 4.78 is 5.15. The van der Waals surface area contributed by atoms with Crippen molar-refractivity contribution in [3.8, 4) is 11.5 Å². The predicted molar refractivity (Wildman–Crippen MR) is 91.5 cm³/mol. The van der Waals surface area contributed by atoms with E-state index in [1.54, 1.807) is 0 Å². The number of carbonyl (C=O) groups excluding carboxylic acids is 1. The molecule has 3 heteroatoms. The first-order valence-electron chi connectivity index (χ1n) is 7.23. The second-order valence-corrected chi connectivity index (χ2v) is 10.8. The van der Waals surface area contributed by atoms with Crippen molar-refractivity contribution < 1.29 is 9.53 Å². The van der Waals surface area contributed by atoms with Gasteiger partial charge in [0.1, 0.15) is 13.6 Å². The molecule has 0 aliphatic carbocycles. The molecule has 1 aromatic rings. The number of benzene rings is 1. The maximum atomic E-state index is 12.2. The monoisotopic (exact) mass is 300 g/mol. The molecule has 0 saturated carbocycles. The van der Waals surface area contributed by atoms with E-state index in [2.05, 4.69) is 31.1 Å². The lowest BCUT2D eigenvalue weighted by atomic mass is 10.0. The number of aryl methyl sites for hydroxylation is 1. The first kappa shape index (κ1) is 17.3. The summed E-state index contributed by atoms with van der Waals surface area (Å²) in [6, 6.07) is 8.10. The van der Waals surface area contributed by atoms with Crippen LogP contribution in [0, 0.1) is 18.4 Å². The zero-order chi connectivity index (χ0) is 16.0. The summed E-state index contributed by atoms with van der Waals surface area (Å²) in [5.74, 6) is 2.74. The van der Waals surface area contributed by atoms with E-state index in [0.29, 0.717) is 12.2 Å². The molecular formula is C18H24O2Si. The molecule has 0 amide bonds. The van der Waals surface area contributed by atoms with Crippen LogP contribution in [-0.4, -0.2) is 20.7 Å². The Morgan fingerprint density at radius 2 is 1.76 bits per heavy atom. The average molecular weight is 300 g/mol. The molecule has 0 atom stereocenters. The molecule has 112 valence electrons. The van der Waals surface area contributed by atoms with E-state index >= 15 is 0 Å². The molecule has 0 bridgehead atoms. The number of esters is 1. The van der Waals surface area contributed by atoms with Crippen molar-refractivity contribution in [2.24, 2.45) is 0 Å². The van der Waals surface area contributed by atoms with Gasteiger partial charge < -0.3 is 4.74 Å². The van der Waals surface area contributed by atoms with Gasteiger partial charge in [-0.25, -0.2) is 4.79 Å². The van der Waals surface area contributed by atoms with Crippen molar-refractivity contribution in [3.63, 3.8) is 0 Å². The van der Waals surface area contributed by atoms with E-state index in [1.165, 1.54) is 5.56 Å². The van der Waals surface area contributed by atoms with Crippen LogP contribution < -0.4 is 0 Å². The molecule has 21 heavy (non-hydrogen) atoms. The number of ether oxygens (including phenoxy) is 1. The van der Waals surface area contributed by atoms with Crippen LogP contribution in [-0.2, 0) is 9.53 Å². The van der Waals surface area contributed by atoms with Crippen LogP contribution in [0.3, 0.4) is 0 Å². The Bertz CT molecular complexity index is 593. The smallest absolute Gasteiger partial charge is 0.346 e. The minimum atomic E-state index is -1.55. The van der Waals surface area contributed by atoms with Crippen LogP contribution in [0.25, 0.3) is 5.57 Å². The molecule has 0 spiro atoms. The Morgan fingerprint density at radius 3 is 2.24 bits per heavy atom. The molecule has 0 N–H and O–H groups in total. The van der Waals surface area contributed by atoms with Gasteiger partial charge in [0.2, 0.25) is 0 Å². The van der Waals surface area contributed by atoms with E-state index in [9.17, 15) is 4.79 Å². The van der Waals surface area contributed by atoms with Crippen molar-refractivity contribution in [2.75, 3.05) is 6.61 Å². The first-order valence-corrected chi connectivity index (χ1v) is 10.7. The van der Waals surface area contributed by atoms with E-state index in [0.717, 1.165) is 11.1 Å². The minimum Gasteiger partial charge on any atom is -0.462 e. The largest absolute Gasteiger partial charge is 0.462 e. The number of hydrogen-bond acceptors (Lipinski definition) is 2. The summed E-state index contributed by atoms with van der Waals surface area (Å²) in [5, 5.41) is 0. The highest BCUT2D eigenvalue weighted by molar-refractivity contribution is 6.84. The Balaban J connectivity index is 3.32. The lowest BCUT2D eigenvalue weighted by Crippen LogP contribution is -2.17. The summed E-state index contributed by atoms with van der Waals surface area (Å²) in [7, 11) is -1.55. The maximum absolute atomic E-state index is 12.2. The molecule has 1 aromatic carbocycles. The molecular weight excluding hydrogens is 276 g/mol. The van der Waals surface area contributed by atoms with Gasteiger partial charge in [-0.3, -0.25) is 0 Å². The summed E-state index contributed by atoms with van der Waals surface area (Å²) in [6.07, 6.45) is 0. The normalized spacial score (nSPS) is 12.1. The highest BCUT2D eigenvalue weighted by Crippen LogP contribution is 2.20. The minimum absolute atomic E-state index is 0.332. The highest BCUT2D eigenvalue weighted by Gasteiger charge is 2.15. The quantitative estimate of drug-likeness (QED) is 0.362. The van der Waals surface area contributed by atoms with Gasteiger partial charge in [0.25, 0.3) is 0 Å². The van der Waals surface area contributed by atoms with Crippen LogP contribution in [0.2, 0.25) is 19.6 Å². The van der Waals surface area contributed by atoms with Gasteiger partial charge in [-0.2, -0.15) is 0 Å². The van der Waals surface area contributed by atoms with Crippen molar-refractivity contribution in [2.45, 2.75) is 40.4 Å². The molecule has 0 saturated heterocycles. The van der Waals surface area contributed by atoms with E-state index < -0.39 is 8.07 Å². The number of hydrogen-bond donors (Lipinski definition) is 0. The van der Waals surface area contributed by atoms with Crippen molar-refractivity contribution >= 4 is 19.6 Å².